The van der Waals surface area contributed by atoms with E-state index in [0.717, 1.165) is 10.9 Å². The van der Waals surface area contributed by atoms with E-state index in [2.05, 4.69) is 26.3 Å². The van der Waals surface area contributed by atoms with Crippen LogP contribution in [0.3, 0.4) is 0 Å². The summed E-state index contributed by atoms with van der Waals surface area (Å²) in [4.78, 5) is 102. The lowest BCUT2D eigenvalue weighted by atomic mass is 10.00. The van der Waals surface area contributed by atoms with Crippen LogP contribution in [0.2, 0.25) is 0 Å². The second-order valence-corrected chi connectivity index (χ2v) is 16.9. The number of carboxylic acids is 1. The van der Waals surface area contributed by atoms with E-state index in [1.165, 1.54) is 9.80 Å². The maximum atomic E-state index is 14.4. The minimum Gasteiger partial charge on any atom is -0.480 e. The number of aromatic amines is 1. The van der Waals surface area contributed by atoms with Gasteiger partial charge in [-0.25, -0.2) is 4.79 Å². The number of aromatic nitrogens is 1. The fraction of sp³-hybridized carbons (Fsp3) is 0.533. The number of fused-ring (bicyclic) bond motifs is 1. The molecule has 5 rings (SSSR count). The minimum atomic E-state index is -1.27. The quantitative estimate of drug-likeness (QED) is 0.0626. The number of carbonyl (C=O) groups excluding carboxylic acids is 6. The van der Waals surface area contributed by atoms with Crippen LogP contribution in [0, 0.1) is 5.92 Å². The Labute approximate surface area is 367 Å². The highest BCUT2D eigenvalue weighted by Crippen LogP contribution is 2.23. The third-order valence-electron chi connectivity index (χ3n) is 11.7. The van der Waals surface area contributed by atoms with Crippen molar-refractivity contribution in [3.05, 3.63) is 71.9 Å². The molecular weight excluding hydrogens is 811 g/mol. The van der Waals surface area contributed by atoms with Gasteiger partial charge in [-0.1, -0.05) is 62.4 Å². The number of carboxylic acid groups (broad SMARTS) is 1. The monoisotopic (exact) mass is 873 g/mol. The van der Waals surface area contributed by atoms with Crippen LogP contribution in [0.15, 0.2) is 60.8 Å². The first kappa shape index (κ1) is 48.2. The lowest BCUT2D eigenvalue weighted by Crippen LogP contribution is -2.60. The van der Waals surface area contributed by atoms with Crippen LogP contribution in [-0.4, -0.2) is 135 Å². The van der Waals surface area contributed by atoms with Crippen molar-refractivity contribution in [3.63, 3.8) is 0 Å². The van der Waals surface area contributed by atoms with Gasteiger partial charge in [-0.05, 0) is 81.0 Å². The molecule has 18 nitrogen and oxygen atoms in total. The number of nitrogens with zero attached hydrogens (tertiary/aromatic N) is 2. The van der Waals surface area contributed by atoms with E-state index in [1.807, 2.05) is 44.2 Å². The maximum Gasteiger partial charge on any atom is 0.326 e. The van der Waals surface area contributed by atoms with Crippen LogP contribution < -0.4 is 32.7 Å². The number of nitrogens with two attached hydrogens (primary N) is 2. The first-order valence-corrected chi connectivity index (χ1v) is 21.9. The Morgan fingerprint density at radius 3 is 1.95 bits per heavy atom. The average Bonchev–Trinajstić information content (AvgIpc) is 4.06. The smallest absolute Gasteiger partial charge is 0.326 e. The Bertz CT molecular complexity index is 2060. The van der Waals surface area contributed by atoms with E-state index in [-0.39, 0.29) is 51.1 Å². The van der Waals surface area contributed by atoms with Crippen LogP contribution in [0.4, 0.5) is 0 Å². The van der Waals surface area contributed by atoms with E-state index in [9.17, 15) is 43.8 Å². The number of unbranched alkanes of at least 4 members (excludes halogenated alkanes) is 1. The van der Waals surface area contributed by atoms with Crippen molar-refractivity contribution in [2.75, 3.05) is 26.2 Å². The number of amides is 6. The second-order valence-electron chi connectivity index (χ2n) is 16.9. The molecule has 2 fully saturated rings. The van der Waals surface area contributed by atoms with Crippen LogP contribution in [-0.2, 0) is 46.4 Å². The van der Waals surface area contributed by atoms with Crippen molar-refractivity contribution >= 4 is 52.3 Å². The molecule has 2 saturated heterocycles. The third kappa shape index (κ3) is 12.9. The molecule has 2 aliphatic heterocycles. The molecule has 342 valence electrons. The van der Waals surface area contributed by atoms with Gasteiger partial charge in [0.15, 0.2) is 0 Å². The fourth-order valence-corrected chi connectivity index (χ4v) is 8.41. The lowest BCUT2D eigenvalue weighted by Gasteiger charge is -2.31. The molecule has 0 unspecified atom stereocenters. The molecule has 2 aliphatic rings. The predicted molar refractivity (Wildman–Crippen MR) is 234 cm³/mol. The van der Waals surface area contributed by atoms with Gasteiger partial charge >= 0.3 is 5.97 Å². The topological polar surface area (TPSA) is 282 Å². The minimum absolute atomic E-state index is 0.0117. The second kappa shape index (κ2) is 23.0. The van der Waals surface area contributed by atoms with E-state index in [1.54, 1.807) is 30.5 Å². The van der Waals surface area contributed by atoms with Gasteiger partial charge in [0.2, 0.25) is 35.4 Å². The molecule has 0 saturated carbocycles. The Kier molecular flexibility index (Phi) is 17.6. The Morgan fingerprint density at radius 1 is 0.746 bits per heavy atom. The summed E-state index contributed by atoms with van der Waals surface area (Å²) in [7, 11) is 0. The molecule has 0 radical (unpaired) electrons. The SMILES string of the molecule is CC(C)C[C@H](NC(=O)[C@@H]1CCCN1C(=O)[C@@H](N)CO)C(=O)N[C@@H](Cc1ccccc1)C(=O)N[C@@H](CCCCN)C(=O)N1CCC[C@H]1C(=O)N[C@@H](Cc1c[nH]c2ccccc12)C(=O)O. The highest BCUT2D eigenvalue weighted by molar-refractivity contribution is 5.97. The van der Waals surface area contributed by atoms with Crippen LogP contribution in [0.5, 0.6) is 0 Å². The Morgan fingerprint density at radius 2 is 1.33 bits per heavy atom. The van der Waals surface area contributed by atoms with Crippen molar-refractivity contribution in [2.24, 2.45) is 17.4 Å². The van der Waals surface area contributed by atoms with Crippen molar-refractivity contribution in [2.45, 2.75) is 120 Å². The summed E-state index contributed by atoms with van der Waals surface area (Å²) >= 11 is 0. The highest BCUT2D eigenvalue weighted by Gasteiger charge is 2.41. The largest absolute Gasteiger partial charge is 0.480 e. The van der Waals surface area contributed by atoms with Gasteiger partial charge in [-0.2, -0.15) is 0 Å². The molecule has 63 heavy (non-hydrogen) atoms. The molecule has 18 heteroatoms. The van der Waals surface area contributed by atoms with Gasteiger partial charge in [-0.15, -0.1) is 0 Å². The number of aliphatic hydroxyl groups excluding tert-OH is 1. The molecule has 0 spiro atoms. The molecule has 2 aromatic carbocycles. The number of carbonyl (C=O) groups is 7. The predicted octanol–water partition coefficient (Wildman–Crippen LogP) is 0.454. The molecule has 7 atom stereocenters. The fourth-order valence-electron chi connectivity index (χ4n) is 8.41. The summed E-state index contributed by atoms with van der Waals surface area (Å²) in [6, 6.07) is 8.66. The van der Waals surface area contributed by atoms with Gasteiger partial charge in [-0.3, -0.25) is 28.8 Å². The molecule has 3 aromatic rings. The Balaban J connectivity index is 1.33. The molecule has 11 N–H and O–H groups in total. The summed E-state index contributed by atoms with van der Waals surface area (Å²) in [5.41, 5.74) is 13.8. The summed E-state index contributed by atoms with van der Waals surface area (Å²) in [5, 5.41) is 31.6. The lowest BCUT2D eigenvalue weighted by molar-refractivity contribution is -0.145. The first-order chi connectivity index (χ1) is 30.2. The zero-order valence-electron chi connectivity index (χ0n) is 36.1. The van der Waals surface area contributed by atoms with Gasteiger partial charge in [0.05, 0.1) is 6.61 Å². The number of para-hydroxylation sites is 1. The van der Waals surface area contributed by atoms with E-state index >= 15 is 0 Å². The van der Waals surface area contributed by atoms with Gasteiger partial charge in [0, 0.05) is 43.0 Å². The summed E-state index contributed by atoms with van der Waals surface area (Å²) in [5.74, 6) is -4.86. The summed E-state index contributed by atoms with van der Waals surface area (Å²) in [6.07, 6.45) is 4.80. The van der Waals surface area contributed by atoms with E-state index in [0.29, 0.717) is 49.8 Å². The zero-order chi connectivity index (χ0) is 45.6. The number of H-pyrrole nitrogens is 1. The summed E-state index contributed by atoms with van der Waals surface area (Å²) < 4.78 is 0. The standard InChI is InChI=1S/C45H63N9O9/c1-27(2)22-34(51-41(58)37-17-10-20-53(37)43(60)31(47)26-55)39(56)50-35(23-28-12-4-3-5-13-28)40(57)49-33(16-8-9-19-46)44(61)54-21-11-18-38(54)42(59)52-36(45(62)63)24-29-25-48-32-15-7-6-14-30(29)32/h3-7,12-15,25,27,31,33-38,48,55H,8-11,16-24,26,46-47H2,1-2H3,(H,49,57)(H,50,56)(H,51,58)(H,52,59)(H,62,63)/t31-,33-,34-,35-,36-,37-,38-/m0/s1. The molecule has 1 aromatic heterocycles. The van der Waals surface area contributed by atoms with Crippen molar-refractivity contribution in [1.29, 1.82) is 0 Å². The summed E-state index contributed by atoms with van der Waals surface area (Å²) in [6.45, 7) is 3.99. The van der Waals surface area contributed by atoms with Gasteiger partial charge in [0.1, 0.15) is 42.3 Å². The number of rotatable bonds is 22. The van der Waals surface area contributed by atoms with Crippen molar-refractivity contribution in [1.82, 2.24) is 36.1 Å². The van der Waals surface area contributed by atoms with Crippen LogP contribution in [0.25, 0.3) is 10.9 Å². The van der Waals surface area contributed by atoms with Crippen molar-refractivity contribution < 1.29 is 43.8 Å². The highest BCUT2D eigenvalue weighted by atomic mass is 16.4. The number of benzene rings is 2. The molecule has 0 bridgehead atoms. The molecule has 0 aliphatic carbocycles. The normalized spacial score (nSPS) is 18.6. The van der Waals surface area contributed by atoms with Crippen LogP contribution in [0.1, 0.15) is 76.3 Å². The van der Waals surface area contributed by atoms with Gasteiger partial charge in [0.25, 0.3) is 0 Å². The number of hydrogen-bond acceptors (Lipinski definition) is 10. The van der Waals surface area contributed by atoms with E-state index < -0.39 is 90.3 Å². The molecular formula is C45H63N9O9. The zero-order valence-corrected chi connectivity index (χ0v) is 36.1. The number of nitrogens with one attached hydrogen (secondary N) is 5. The number of aliphatic carboxylic acids is 1. The van der Waals surface area contributed by atoms with Gasteiger partial charge < -0.3 is 57.7 Å². The number of hydrogen-bond donors (Lipinski definition) is 9. The van der Waals surface area contributed by atoms with E-state index in [4.69, 9.17) is 11.5 Å². The average molecular weight is 874 g/mol. The van der Waals surface area contributed by atoms with Crippen LogP contribution >= 0.6 is 0 Å². The molecule has 3 heterocycles. The maximum absolute atomic E-state index is 14.4. The Hall–Kier alpha value is -5.85. The first-order valence-electron chi connectivity index (χ1n) is 21.9. The van der Waals surface area contributed by atoms with Crippen molar-refractivity contribution in [3.8, 4) is 0 Å². The number of aliphatic hydroxyl groups is 1. The molecule has 6 amide bonds. The number of likely N-dealkylation sites (tertiary alicyclic amines) is 2. The third-order valence-corrected chi connectivity index (χ3v) is 11.7.